The van der Waals surface area contributed by atoms with Crippen molar-refractivity contribution in [1.82, 2.24) is 10.2 Å². The van der Waals surface area contributed by atoms with Crippen molar-refractivity contribution >= 4 is 0 Å². The van der Waals surface area contributed by atoms with Crippen molar-refractivity contribution in [3.8, 4) is 0 Å². The van der Waals surface area contributed by atoms with Gasteiger partial charge in [-0.15, -0.1) is 0 Å². The Balaban J connectivity index is 2.36. The molecule has 1 N–H and O–H groups in total. The van der Waals surface area contributed by atoms with Crippen LogP contribution in [0.1, 0.15) is 60.3 Å². The zero-order valence-electron chi connectivity index (χ0n) is 13.3. The molecule has 0 bridgehead atoms. The van der Waals surface area contributed by atoms with Crippen LogP contribution in [0.15, 0.2) is 0 Å². The van der Waals surface area contributed by atoms with Crippen LogP contribution in [-0.4, -0.2) is 37.1 Å². The Kier molecular flexibility index (Phi) is 6.65. The summed E-state index contributed by atoms with van der Waals surface area (Å²) in [5, 5.41) is 3.55. The second-order valence-electron chi connectivity index (χ2n) is 7.08. The molecular formula is C16H34N2. The molecule has 0 amide bonds. The van der Waals surface area contributed by atoms with E-state index in [4.69, 9.17) is 0 Å². The molecule has 1 fully saturated rings. The van der Waals surface area contributed by atoms with Crippen LogP contribution in [0.2, 0.25) is 0 Å². The van der Waals surface area contributed by atoms with Crippen LogP contribution in [-0.2, 0) is 0 Å². The van der Waals surface area contributed by atoms with Gasteiger partial charge in [0.15, 0.2) is 0 Å². The largest absolute Gasteiger partial charge is 0.315 e. The Morgan fingerprint density at radius 1 is 1.22 bits per heavy atom. The molecule has 18 heavy (non-hydrogen) atoms. The average molecular weight is 254 g/mol. The first-order chi connectivity index (χ1) is 8.45. The summed E-state index contributed by atoms with van der Waals surface area (Å²) < 4.78 is 0. The number of nitrogens with one attached hydrogen (secondary N) is 1. The van der Waals surface area contributed by atoms with E-state index in [9.17, 15) is 0 Å². The minimum atomic E-state index is 0.486. The molecule has 2 atom stereocenters. The number of rotatable bonds is 5. The van der Waals surface area contributed by atoms with E-state index in [0.29, 0.717) is 11.5 Å². The van der Waals surface area contributed by atoms with Crippen LogP contribution < -0.4 is 5.32 Å². The van der Waals surface area contributed by atoms with Crippen LogP contribution in [0.3, 0.4) is 0 Å². The minimum Gasteiger partial charge on any atom is -0.315 e. The molecule has 0 spiro atoms. The van der Waals surface area contributed by atoms with Crippen LogP contribution >= 0.6 is 0 Å². The lowest BCUT2D eigenvalue weighted by Gasteiger charge is -2.31. The summed E-state index contributed by atoms with van der Waals surface area (Å²) in [6.45, 7) is 16.7. The van der Waals surface area contributed by atoms with Gasteiger partial charge in [0.05, 0.1) is 0 Å². The minimum absolute atomic E-state index is 0.486. The molecule has 2 nitrogen and oxygen atoms in total. The van der Waals surface area contributed by atoms with E-state index in [2.05, 4.69) is 44.8 Å². The maximum atomic E-state index is 3.55. The standard InChI is InChI=1S/C16H34N2/c1-6-10-17-13-14(2)18-11-7-8-15(9-12-18)16(3,4)5/h14-15,17H,6-13H2,1-5H3. The van der Waals surface area contributed by atoms with Gasteiger partial charge in [0.25, 0.3) is 0 Å². The number of hydrogen-bond acceptors (Lipinski definition) is 2. The van der Waals surface area contributed by atoms with Gasteiger partial charge < -0.3 is 5.32 Å². The third-order valence-corrected chi connectivity index (χ3v) is 4.48. The van der Waals surface area contributed by atoms with Gasteiger partial charge in [0.1, 0.15) is 0 Å². The lowest BCUT2D eigenvalue weighted by molar-refractivity contribution is 0.187. The van der Waals surface area contributed by atoms with Crippen molar-refractivity contribution in [2.24, 2.45) is 11.3 Å². The molecule has 108 valence electrons. The first-order valence-electron chi connectivity index (χ1n) is 7.90. The molecule has 0 aromatic carbocycles. The summed E-state index contributed by atoms with van der Waals surface area (Å²) in [5.74, 6) is 0.901. The van der Waals surface area contributed by atoms with E-state index in [1.807, 2.05) is 0 Å². The van der Waals surface area contributed by atoms with E-state index in [0.717, 1.165) is 19.0 Å². The maximum absolute atomic E-state index is 3.55. The zero-order chi connectivity index (χ0) is 13.6. The first-order valence-corrected chi connectivity index (χ1v) is 7.90. The van der Waals surface area contributed by atoms with Crippen LogP contribution in [0.4, 0.5) is 0 Å². The van der Waals surface area contributed by atoms with E-state index in [1.165, 1.54) is 38.8 Å². The molecule has 1 saturated heterocycles. The van der Waals surface area contributed by atoms with Crippen LogP contribution in [0, 0.1) is 11.3 Å². The van der Waals surface area contributed by atoms with Gasteiger partial charge in [-0.25, -0.2) is 0 Å². The van der Waals surface area contributed by atoms with Gasteiger partial charge in [-0.05, 0) is 63.6 Å². The summed E-state index contributed by atoms with van der Waals surface area (Å²) in [4.78, 5) is 2.69. The van der Waals surface area contributed by atoms with Crippen molar-refractivity contribution in [1.29, 1.82) is 0 Å². The summed E-state index contributed by atoms with van der Waals surface area (Å²) in [6, 6.07) is 0.690. The normalized spacial score (nSPS) is 24.8. The van der Waals surface area contributed by atoms with Gasteiger partial charge in [-0.3, -0.25) is 4.90 Å². The predicted molar refractivity (Wildman–Crippen MR) is 81.0 cm³/mol. The van der Waals surface area contributed by atoms with Crippen molar-refractivity contribution in [2.75, 3.05) is 26.2 Å². The van der Waals surface area contributed by atoms with Crippen molar-refractivity contribution in [2.45, 2.75) is 66.3 Å². The molecular weight excluding hydrogens is 220 g/mol. The highest BCUT2D eigenvalue weighted by Gasteiger charge is 2.28. The quantitative estimate of drug-likeness (QED) is 0.755. The Hall–Kier alpha value is -0.0800. The van der Waals surface area contributed by atoms with Crippen molar-refractivity contribution in [3.05, 3.63) is 0 Å². The maximum Gasteiger partial charge on any atom is 0.0192 e. The smallest absolute Gasteiger partial charge is 0.0192 e. The summed E-state index contributed by atoms with van der Waals surface area (Å²) >= 11 is 0. The molecule has 1 aliphatic heterocycles. The number of hydrogen-bond donors (Lipinski definition) is 1. The van der Waals surface area contributed by atoms with Gasteiger partial charge in [-0.1, -0.05) is 27.7 Å². The fraction of sp³-hybridized carbons (Fsp3) is 1.00. The Morgan fingerprint density at radius 2 is 1.94 bits per heavy atom. The zero-order valence-corrected chi connectivity index (χ0v) is 13.3. The van der Waals surface area contributed by atoms with E-state index in [-0.39, 0.29) is 0 Å². The van der Waals surface area contributed by atoms with Crippen molar-refractivity contribution < 1.29 is 0 Å². The third kappa shape index (κ3) is 5.27. The van der Waals surface area contributed by atoms with Crippen LogP contribution in [0.25, 0.3) is 0 Å². The molecule has 2 heteroatoms. The molecule has 0 aliphatic carbocycles. The van der Waals surface area contributed by atoms with Crippen molar-refractivity contribution in [3.63, 3.8) is 0 Å². The highest BCUT2D eigenvalue weighted by Crippen LogP contribution is 2.34. The number of nitrogens with zero attached hydrogens (tertiary/aromatic N) is 1. The SMILES string of the molecule is CCCNCC(C)N1CCCC(C(C)(C)C)CC1. The van der Waals surface area contributed by atoms with E-state index >= 15 is 0 Å². The molecule has 0 aromatic rings. The summed E-state index contributed by atoms with van der Waals surface area (Å²) in [7, 11) is 0. The lowest BCUT2D eigenvalue weighted by atomic mass is 9.77. The van der Waals surface area contributed by atoms with E-state index in [1.54, 1.807) is 0 Å². The summed E-state index contributed by atoms with van der Waals surface area (Å²) in [5.41, 5.74) is 0.486. The Morgan fingerprint density at radius 3 is 2.56 bits per heavy atom. The topological polar surface area (TPSA) is 15.3 Å². The Bertz CT molecular complexity index is 220. The molecule has 0 aromatic heterocycles. The van der Waals surface area contributed by atoms with Crippen LogP contribution in [0.5, 0.6) is 0 Å². The van der Waals surface area contributed by atoms with Gasteiger partial charge in [-0.2, -0.15) is 0 Å². The fourth-order valence-corrected chi connectivity index (χ4v) is 3.04. The third-order valence-electron chi connectivity index (χ3n) is 4.48. The van der Waals surface area contributed by atoms with Gasteiger partial charge >= 0.3 is 0 Å². The number of likely N-dealkylation sites (tertiary alicyclic amines) is 1. The van der Waals surface area contributed by atoms with Gasteiger partial charge in [0.2, 0.25) is 0 Å². The first kappa shape index (κ1) is 16.0. The molecule has 0 saturated carbocycles. The second-order valence-corrected chi connectivity index (χ2v) is 7.08. The highest BCUT2D eigenvalue weighted by atomic mass is 15.2. The predicted octanol–water partition coefficient (Wildman–Crippen LogP) is 3.52. The van der Waals surface area contributed by atoms with Gasteiger partial charge in [0, 0.05) is 12.6 Å². The second kappa shape index (κ2) is 7.49. The molecule has 1 aliphatic rings. The average Bonchev–Trinajstić information content (AvgIpc) is 2.54. The Labute approximate surface area is 115 Å². The molecule has 2 unspecified atom stereocenters. The monoisotopic (exact) mass is 254 g/mol. The molecule has 1 heterocycles. The summed E-state index contributed by atoms with van der Waals surface area (Å²) in [6.07, 6.45) is 5.40. The lowest BCUT2D eigenvalue weighted by Crippen LogP contribution is -2.41. The van der Waals surface area contributed by atoms with E-state index < -0.39 is 0 Å². The highest BCUT2D eigenvalue weighted by molar-refractivity contribution is 4.81. The molecule has 0 radical (unpaired) electrons. The molecule has 1 rings (SSSR count). The fourth-order valence-electron chi connectivity index (χ4n) is 3.04.